The molecule has 110 valence electrons. The van der Waals surface area contributed by atoms with E-state index in [0.29, 0.717) is 22.2 Å². The van der Waals surface area contributed by atoms with Crippen LogP contribution in [0.4, 0.5) is 5.69 Å². The topological polar surface area (TPSA) is 129 Å². The summed E-state index contributed by atoms with van der Waals surface area (Å²) in [5, 5.41) is 36.9. The van der Waals surface area contributed by atoms with Gasteiger partial charge in [-0.2, -0.15) is 5.10 Å². The van der Waals surface area contributed by atoms with Crippen LogP contribution in [0.25, 0.3) is 22.2 Å². The number of carbonyl (C=O) groups is 1. The molecule has 0 aliphatic heterocycles. The molecule has 0 saturated heterocycles. The molecule has 3 aromatic rings. The van der Waals surface area contributed by atoms with Crippen LogP contribution in [0.2, 0.25) is 0 Å². The molecule has 8 nitrogen and oxygen atoms in total. The first-order valence-electron chi connectivity index (χ1n) is 6.16. The maximum Gasteiger partial charge on any atom is 0.335 e. The van der Waals surface area contributed by atoms with Gasteiger partial charge in [0.1, 0.15) is 11.4 Å². The minimum atomic E-state index is -1.06. The number of benzene rings is 2. The quantitative estimate of drug-likeness (QED) is 0.503. The molecule has 0 aliphatic rings. The van der Waals surface area contributed by atoms with Crippen LogP contribution in [-0.2, 0) is 0 Å². The van der Waals surface area contributed by atoms with E-state index in [1.807, 2.05) is 0 Å². The number of non-ortho nitro benzene ring substituents is 1. The zero-order valence-electron chi connectivity index (χ0n) is 11.0. The predicted molar refractivity (Wildman–Crippen MR) is 76.8 cm³/mol. The number of rotatable bonds is 3. The average molecular weight is 299 g/mol. The van der Waals surface area contributed by atoms with Crippen molar-refractivity contribution in [1.82, 2.24) is 10.2 Å². The zero-order chi connectivity index (χ0) is 15.9. The predicted octanol–water partition coefficient (Wildman–Crippen LogP) is 2.54. The number of H-pyrrole nitrogens is 1. The number of nitrogens with one attached hydrogen (secondary N) is 1. The average Bonchev–Trinajstić information content (AvgIpc) is 2.89. The zero-order valence-corrected chi connectivity index (χ0v) is 11.0. The van der Waals surface area contributed by atoms with Gasteiger partial charge in [0, 0.05) is 17.0 Å². The summed E-state index contributed by atoms with van der Waals surface area (Å²) in [5.41, 5.74) is 1.08. The van der Waals surface area contributed by atoms with Crippen molar-refractivity contribution in [2.75, 3.05) is 0 Å². The molecule has 0 amide bonds. The lowest BCUT2D eigenvalue weighted by Crippen LogP contribution is -1.94. The molecule has 8 heteroatoms. The van der Waals surface area contributed by atoms with Gasteiger partial charge in [-0.1, -0.05) is 0 Å². The van der Waals surface area contributed by atoms with Crippen LogP contribution in [-0.4, -0.2) is 31.3 Å². The van der Waals surface area contributed by atoms with Gasteiger partial charge in [-0.3, -0.25) is 15.2 Å². The first-order valence-corrected chi connectivity index (χ1v) is 6.16. The number of nitro benzene ring substituents is 1. The van der Waals surface area contributed by atoms with Crippen molar-refractivity contribution in [1.29, 1.82) is 0 Å². The van der Waals surface area contributed by atoms with Crippen molar-refractivity contribution in [3.05, 3.63) is 52.1 Å². The van der Waals surface area contributed by atoms with Gasteiger partial charge in [0.2, 0.25) is 0 Å². The Hall–Kier alpha value is -3.42. The van der Waals surface area contributed by atoms with Gasteiger partial charge in [0.25, 0.3) is 5.69 Å². The van der Waals surface area contributed by atoms with Crippen LogP contribution in [0.3, 0.4) is 0 Å². The van der Waals surface area contributed by atoms with E-state index in [2.05, 4.69) is 10.2 Å². The van der Waals surface area contributed by atoms with E-state index in [4.69, 9.17) is 5.11 Å². The number of carboxylic acids is 1. The number of aromatic amines is 1. The van der Waals surface area contributed by atoms with Gasteiger partial charge in [0.15, 0.2) is 0 Å². The highest BCUT2D eigenvalue weighted by atomic mass is 16.6. The Labute approximate surface area is 122 Å². The van der Waals surface area contributed by atoms with Gasteiger partial charge in [-0.05, 0) is 24.3 Å². The molecule has 0 aliphatic carbocycles. The fourth-order valence-electron chi connectivity index (χ4n) is 2.19. The highest BCUT2D eigenvalue weighted by Gasteiger charge is 2.16. The number of carboxylic acid groups (broad SMARTS) is 1. The summed E-state index contributed by atoms with van der Waals surface area (Å²) >= 11 is 0. The molecule has 1 heterocycles. The minimum Gasteiger partial charge on any atom is -0.507 e. The largest absolute Gasteiger partial charge is 0.507 e. The van der Waals surface area contributed by atoms with E-state index in [9.17, 15) is 20.0 Å². The fourth-order valence-corrected chi connectivity index (χ4v) is 2.19. The Balaban J connectivity index is 2.15. The van der Waals surface area contributed by atoms with Crippen molar-refractivity contribution < 1.29 is 19.9 Å². The number of fused-ring (bicyclic) bond motifs is 1. The van der Waals surface area contributed by atoms with Gasteiger partial charge in [-0.15, -0.1) is 0 Å². The summed E-state index contributed by atoms with van der Waals surface area (Å²) in [6.07, 6.45) is 0. The Kier molecular flexibility index (Phi) is 2.99. The fraction of sp³-hybridized carbons (Fsp3) is 0. The summed E-state index contributed by atoms with van der Waals surface area (Å²) in [7, 11) is 0. The smallest absolute Gasteiger partial charge is 0.335 e. The third kappa shape index (κ3) is 2.12. The lowest BCUT2D eigenvalue weighted by Gasteiger charge is -2.02. The van der Waals surface area contributed by atoms with Crippen molar-refractivity contribution >= 4 is 22.6 Å². The van der Waals surface area contributed by atoms with Crippen molar-refractivity contribution in [3.63, 3.8) is 0 Å². The minimum absolute atomic E-state index is 0.107. The molecule has 2 aromatic carbocycles. The Bertz CT molecular complexity index is 916. The van der Waals surface area contributed by atoms with Gasteiger partial charge in [-0.25, -0.2) is 4.79 Å². The van der Waals surface area contributed by atoms with Crippen molar-refractivity contribution in [3.8, 4) is 17.0 Å². The van der Waals surface area contributed by atoms with Crippen molar-refractivity contribution in [2.24, 2.45) is 0 Å². The summed E-state index contributed by atoms with van der Waals surface area (Å²) in [4.78, 5) is 21.0. The van der Waals surface area contributed by atoms with Crippen LogP contribution in [0.15, 0.2) is 36.4 Å². The van der Waals surface area contributed by atoms with Crippen LogP contribution >= 0.6 is 0 Å². The SMILES string of the molecule is O=C(O)c1ccc2c(-c3ccc([N+](=O)[O-])cc3O)n[nH]c2c1. The molecule has 0 spiro atoms. The number of hydrogen-bond acceptors (Lipinski definition) is 5. The van der Waals surface area contributed by atoms with Crippen molar-refractivity contribution in [2.45, 2.75) is 0 Å². The van der Waals surface area contributed by atoms with E-state index in [1.54, 1.807) is 6.07 Å². The molecule has 3 rings (SSSR count). The molecule has 0 radical (unpaired) electrons. The molecule has 0 unspecified atom stereocenters. The number of nitrogens with zero attached hydrogens (tertiary/aromatic N) is 2. The Morgan fingerprint density at radius 1 is 1.23 bits per heavy atom. The summed E-state index contributed by atoms with van der Waals surface area (Å²) in [6.45, 7) is 0. The third-order valence-electron chi connectivity index (χ3n) is 3.26. The van der Waals surface area contributed by atoms with Gasteiger partial charge >= 0.3 is 5.97 Å². The first-order chi connectivity index (χ1) is 10.5. The second-order valence-corrected chi connectivity index (χ2v) is 4.60. The van der Waals surface area contributed by atoms with E-state index in [0.717, 1.165) is 6.07 Å². The maximum atomic E-state index is 10.9. The van der Waals surface area contributed by atoms with E-state index in [1.165, 1.54) is 24.3 Å². The number of nitro groups is 1. The lowest BCUT2D eigenvalue weighted by molar-refractivity contribution is -0.384. The number of aromatic nitrogens is 2. The Morgan fingerprint density at radius 3 is 2.64 bits per heavy atom. The number of aromatic carboxylic acids is 1. The number of hydrogen-bond donors (Lipinski definition) is 3. The third-order valence-corrected chi connectivity index (χ3v) is 3.26. The molecule has 0 fully saturated rings. The molecule has 0 atom stereocenters. The molecular weight excluding hydrogens is 290 g/mol. The molecule has 0 bridgehead atoms. The normalized spacial score (nSPS) is 10.7. The second-order valence-electron chi connectivity index (χ2n) is 4.60. The van der Waals surface area contributed by atoms with Crippen LogP contribution in [0.1, 0.15) is 10.4 Å². The molecule has 22 heavy (non-hydrogen) atoms. The highest BCUT2D eigenvalue weighted by molar-refractivity contribution is 5.99. The summed E-state index contributed by atoms with van der Waals surface area (Å²) in [5.74, 6) is -1.33. The lowest BCUT2D eigenvalue weighted by atomic mass is 10.0. The standard InChI is InChI=1S/C14H9N3O5/c18-12-6-8(17(21)22)2-4-10(12)13-9-3-1-7(14(19)20)5-11(9)15-16-13/h1-6,18H,(H,15,16)(H,19,20). The van der Waals surface area contributed by atoms with E-state index >= 15 is 0 Å². The van der Waals surface area contributed by atoms with Crippen LogP contribution in [0, 0.1) is 10.1 Å². The number of phenols is 1. The Morgan fingerprint density at radius 2 is 2.00 bits per heavy atom. The molecule has 1 aromatic heterocycles. The molecule has 3 N–H and O–H groups in total. The molecule has 0 saturated carbocycles. The van der Waals surface area contributed by atoms with Crippen LogP contribution < -0.4 is 0 Å². The monoisotopic (exact) mass is 299 g/mol. The summed E-state index contributed by atoms with van der Waals surface area (Å²) < 4.78 is 0. The molecular formula is C14H9N3O5. The number of phenolic OH excluding ortho intramolecular Hbond substituents is 1. The second kappa shape index (κ2) is 4.85. The van der Waals surface area contributed by atoms with E-state index in [-0.39, 0.29) is 17.0 Å². The van der Waals surface area contributed by atoms with Gasteiger partial charge < -0.3 is 10.2 Å². The number of aromatic hydroxyl groups is 1. The van der Waals surface area contributed by atoms with Crippen LogP contribution in [0.5, 0.6) is 5.75 Å². The van der Waals surface area contributed by atoms with E-state index < -0.39 is 10.9 Å². The maximum absolute atomic E-state index is 10.9. The first kappa shape index (κ1) is 13.6. The van der Waals surface area contributed by atoms with Gasteiger partial charge in [0.05, 0.1) is 22.1 Å². The summed E-state index contributed by atoms with van der Waals surface area (Å²) in [6, 6.07) is 8.12. The highest BCUT2D eigenvalue weighted by Crippen LogP contribution is 2.35.